The van der Waals surface area contributed by atoms with Gasteiger partial charge in [0.05, 0.1) is 23.7 Å². The molecule has 1 aliphatic heterocycles. The molecule has 2 aromatic rings. The predicted octanol–water partition coefficient (Wildman–Crippen LogP) is 4.98. The van der Waals surface area contributed by atoms with E-state index in [0.717, 1.165) is 30.7 Å². The van der Waals surface area contributed by atoms with Gasteiger partial charge in [0.2, 0.25) is 0 Å². The van der Waals surface area contributed by atoms with Crippen molar-refractivity contribution < 1.29 is 9.53 Å². The van der Waals surface area contributed by atoms with E-state index in [-0.39, 0.29) is 11.9 Å². The summed E-state index contributed by atoms with van der Waals surface area (Å²) in [4.78, 5) is 14.8. The Kier molecular flexibility index (Phi) is 4.79. The lowest BCUT2D eigenvalue weighted by Gasteiger charge is -2.26. The Morgan fingerprint density at radius 2 is 2.04 bits per heavy atom. The van der Waals surface area contributed by atoms with Crippen molar-refractivity contribution in [1.29, 1.82) is 0 Å². The number of amides is 1. The van der Waals surface area contributed by atoms with E-state index in [4.69, 9.17) is 27.9 Å². The minimum absolute atomic E-state index is 0.0457. The molecular formula is C18H17Cl2NO2. The average Bonchev–Trinajstić information content (AvgIpc) is 3.04. The van der Waals surface area contributed by atoms with E-state index in [2.05, 4.69) is 0 Å². The number of rotatable bonds is 3. The smallest absolute Gasteiger partial charge is 0.255 e. The van der Waals surface area contributed by atoms with Crippen LogP contribution in [0, 0.1) is 0 Å². The maximum absolute atomic E-state index is 12.9. The molecule has 3 nitrogen and oxygen atoms in total. The second kappa shape index (κ2) is 6.81. The van der Waals surface area contributed by atoms with E-state index in [1.807, 2.05) is 29.2 Å². The van der Waals surface area contributed by atoms with Crippen LogP contribution in [0.2, 0.25) is 10.0 Å². The van der Waals surface area contributed by atoms with Crippen LogP contribution >= 0.6 is 23.2 Å². The van der Waals surface area contributed by atoms with Crippen molar-refractivity contribution in [2.24, 2.45) is 0 Å². The number of hydrogen-bond donors (Lipinski definition) is 0. The first-order valence-electron chi connectivity index (χ1n) is 7.50. The van der Waals surface area contributed by atoms with Crippen LogP contribution in [0.3, 0.4) is 0 Å². The Balaban J connectivity index is 1.90. The van der Waals surface area contributed by atoms with Crippen LogP contribution in [-0.4, -0.2) is 24.5 Å². The molecule has 0 aromatic heterocycles. The van der Waals surface area contributed by atoms with Gasteiger partial charge in [-0.05, 0) is 48.7 Å². The fourth-order valence-electron chi connectivity index (χ4n) is 3.02. The zero-order valence-electron chi connectivity index (χ0n) is 12.8. The molecule has 0 spiro atoms. The minimum Gasteiger partial charge on any atom is -0.497 e. The molecule has 0 saturated carbocycles. The summed E-state index contributed by atoms with van der Waals surface area (Å²) in [6.07, 6.45) is 1.91. The number of ether oxygens (including phenoxy) is 1. The van der Waals surface area contributed by atoms with Gasteiger partial charge in [0, 0.05) is 11.6 Å². The molecule has 1 fully saturated rings. The summed E-state index contributed by atoms with van der Waals surface area (Å²) in [7, 11) is 1.64. The molecule has 0 aliphatic carbocycles. The summed E-state index contributed by atoms with van der Waals surface area (Å²) >= 11 is 12.1. The largest absolute Gasteiger partial charge is 0.497 e. The van der Waals surface area contributed by atoms with Gasteiger partial charge in [-0.2, -0.15) is 0 Å². The second-order valence-corrected chi connectivity index (χ2v) is 6.40. The van der Waals surface area contributed by atoms with Crippen molar-refractivity contribution in [2.45, 2.75) is 18.9 Å². The molecule has 120 valence electrons. The van der Waals surface area contributed by atoms with E-state index in [0.29, 0.717) is 15.6 Å². The molecule has 2 aromatic carbocycles. The van der Waals surface area contributed by atoms with Crippen molar-refractivity contribution in [3.05, 3.63) is 63.6 Å². The van der Waals surface area contributed by atoms with Crippen molar-refractivity contribution in [3.8, 4) is 5.75 Å². The maximum Gasteiger partial charge on any atom is 0.255 e. The molecule has 0 radical (unpaired) electrons. The van der Waals surface area contributed by atoms with Crippen LogP contribution in [0.4, 0.5) is 0 Å². The van der Waals surface area contributed by atoms with Gasteiger partial charge in [0.15, 0.2) is 0 Å². The average molecular weight is 350 g/mol. The Hall–Kier alpha value is -1.71. The lowest BCUT2D eigenvalue weighted by molar-refractivity contribution is 0.0735. The highest BCUT2D eigenvalue weighted by atomic mass is 35.5. The van der Waals surface area contributed by atoms with E-state index in [1.54, 1.807) is 25.3 Å². The van der Waals surface area contributed by atoms with Gasteiger partial charge in [-0.15, -0.1) is 0 Å². The summed E-state index contributed by atoms with van der Waals surface area (Å²) in [6.45, 7) is 0.722. The Labute approximate surface area is 145 Å². The molecule has 5 heteroatoms. The van der Waals surface area contributed by atoms with E-state index in [9.17, 15) is 4.79 Å². The van der Waals surface area contributed by atoms with Crippen LogP contribution < -0.4 is 4.74 Å². The molecule has 1 heterocycles. The molecule has 1 atom stereocenters. The van der Waals surface area contributed by atoms with E-state index < -0.39 is 0 Å². The zero-order chi connectivity index (χ0) is 16.4. The Bertz CT molecular complexity index is 733. The number of likely N-dealkylation sites (tertiary alicyclic amines) is 1. The lowest BCUT2D eigenvalue weighted by atomic mass is 10.0. The van der Waals surface area contributed by atoms with Crippen molar-refractivity contribution >= 4 is 29.1 Å². The number of nitrogens with zero attached hydrogens (tertiary/aromatic N) is 1. The first-order chi connectivity index (χ1) is 11.1. The monoisotopic (exact) mass is 349 g/mol. The predicted molar refractivity (Wildman–Crippen MR) is 92.5 cm³/mol. The van der Waals surface area contributed by atoms with Crippen LogP contribution in [0.1, 0.15) is 34.8 Å². The van der Waals surface area contributed by atoms with Crippen molar-refractivity contribution in [2.75, 3.05) is 13.7 Å². The highest BCUT2D eigenvalue weighted by Gasteiger charge is 2.31. The number of methoxy groups -OCH3 is 1. The SMILES string of the molecule is COc1cccc(C2CCCN2C(=O)c2ccc(Cl)cc2Cl)c1. The number of carbonyl (C=O) groups excluding carboxylic acids is 1. The standard InChI is InChI=1S/C18H17Cl2NO2/c1-23-14-5-2-4-12(10-14)17-6-3-9-21(17)18(22)15-8-7-13(19)11-16(15)20/h2,4-5,7-8,10-11,17H,3,6,9H2,1H3. The lowest BCUT2D eigenvalue weighted by Crippen LogP contribution is -2.30. The zero-order valence-corrected chi connectivity index (χ0v) is 14.3. The first-order valence-corrected chi connectivity index (χ1v) is 8.25. The van der Waals surface area contributed by atoms with Gasteiger partial charge in [-0.25, -0.2) is 0 Å². The third-order valence-electron chi connectivity index (χ3n) is 4.15. The summed E-state index contributed by atoms with van der Waals surface area (Å²) in [6, 6.07) is 12.9. The molecular weight excluding hydrogens is 333 g/mol. The number of hydrogen-bond acceptors (Lipinski definition) is 2. The second-order valence-electron chi connectivity index (χ2n) is 5.56. The van der Waals surface area contributed by atoms with Crippen molar-refractivity contribution in [3.63, 3.8) is 0 Å². The van der Waals surface area contributed by atoms with Crippen LogP contribution in [-0.2, 0) is 0 Å². The topological polar surface area (TPSA) is 29.5 Å². The van der Waals surface area contributed by atoms with Gasteiger partial charge in [0.25, 0.3) is 5.91 Å². The minimum atomic E-state index is -0.0583. The number of carbonyl (C=O) groups is 1. The van der Waals surface area contributed by atoms with Gasteiger partial charge in [0.1, 0.15) is 5.75 Å². The number of halogens is 2. The molecule has 1 unspecified atom stereocenters. The molecule has 1 amide bonds. The van der Waals surface area contributed by atoms with Gasteiger partial charge < -0.3 is 9.64 Å². The van der Waals surface area contributed by atoms with Crippen molar-refractivity contribution in [1.82, 2.24) is 4.90 Å². The van der Waals surface area contributed by atoms with Crippen LogP contribution in [0.15, 0.2) is 42.5 Å². The maximum atomic E-state index is 12.9. The highest BCUT2D eigenvalue weighted by Crippen LogP contribution is 2.35. The van der Waals surface area contributed by atoms with Gasteiger partial charge in [-0.3, -0.25) is 4.79 Å². The van der Waals surface area contributed by atoms with Gasteiger partial charge >= 0.3 is 0 Å². The Morgan fingerprint density at radius 1 is 1.22 bits per heavy atom. The van der Waals surface area contributed by atoms with Gasteiger partial charge in [-0.1, -0.05) is 35.3 Å². The van der Waals surface area contributed by atoms with E-state index >= 15 is 0 Å². The summed E-state index contributed by atoms with van der Waals surface area (Å²) < 4.78 is 5.29. The Morgan fingerprint density at radius 3 is 2.78 bits per heavy atom. The highest BCUT2D eigenvalue weighted by molar-refractivity contribution is 6.36. The molecule has 0 N–H and O–H groups in total. The fraction of sp³-hybridized carbons (Fsp3) is 0.278. The molecule has 23 heavy (non-hydrogen) atoms. The summed E-state index contributed by atoms with van der Waals surface area (Å²) in [5, 5.41) is 0.913. The summed E-state index contributed by atoms with van der Waals surface area (Å²) in [5.74, 6) is 0.739. The van der Waals surface area contributed by atoms with Crippen LogP contribution in [0.5, 0.6) is 5.75 Å². The molecule has 3 rings (SSSR count). The normalized spacial score (nSPS) is 17.3. The fourth-order valence-corrected chi connectivity index (χ4v) is 3.51. The van der Waals surface area contributed by atoms with Crippen LogP contribution in [0.25, 0.3) is 0 Å². The third-order valence-corrected chi connectivity index (χ3v) is 4.70. The third kappa shape index (κ3) is 3.31. The molecule has 0 bridgehead atoms. The number of benzene rings is 2. The summed E-state index contributed by atoms with van der Waals surface area (Å²) in [5.41, 5.74) is 1.58. The van der Waals surface area contributed by atoms with E-state index in [1.165, 1.54) is 0 Å². The first kappa shape index (κ1) is 16.2. The molecule has 1 aliphatic rings. The molecule has 1 saturated heterocycles. The quantitative estimate of drug-likeness (QED) is 0.781.